The van der Waals surface area contributed by atoms with Crippen LogP contribution in [-0.2, 0) is 19.2 Å². The smallest absolute Gasteiger partial charge is 0.266 e. The molecule has 3 aromatic carbocycles. The summed E-state index contributed by atoms with van der Waals surface area (Å²) in [5.41, 5.74) is 2.58. The third-order valence-corrected chi connectivity index (χ3v) is 6.10. The number of carbonyl (C=O) groups is 3. The minimum Gasteiger partial charge on any atom is -0.492 e. The molecule has 2 saturated heterocycles. The van der Waals surface area contributed by atoms with Gasteiger partial charge in [-0.15, -0.1) is 0 Å². The molecular formula is C27H25N3O5. The van der Waals surface area contributed by atoms with Crippen LogP contribution in [0.15, 0.2) is 78.9 Å². The van der Waals surface area contributed by atoms with E-state index in [1.807, 2.05) is 49.4 Å². The summed E-state index contributed by atoms with van der Waals surface area (Å²) in [6.45, 7) is 3.69. The van der Waals surface area contributed by atoms with E-state index in [-0.39, 0.29) is 11.8 Å². The van der Waals surface area contributed by atoms with Gasteiger partial charge in [0.1, 0.15) is 11.7 Å². The van der Waals surface area contributed by atoms with Crippen LogP contribution in [0.3, 0.4) is 0 Å². The number of fused-ring (bicyclic) bond motifs is 1. The zero-order chi connectivity index (χ0) is 24.5. The molecule has 2 aliphatic rings. The van der Waals surface area contributed by atoms with E-state index >= 15 is 0 Å². The van der Waals surface area contributed by atoms with E-state index in [4.69, 9.17) is 9.57 Å². The number of anilines is 3. The lowest BCUT2D eigenvalue weighted by molar-refractivity contribution is -0.126. The number of benzene rings is 3. The third kappa shape index (κ3) is 4.02. The summed E-state index contributed by atoms with van der Waals surface area (Å²) in [7, 11) is 0. The Morgan fingerprint density at radius 2 is 1.63 bits per heavy atom. The van der Waals surface area contributed by atoms with Gasteiger partial charge in [0.15, 0.2) is 6.10 Å². The topological polar surface area (TPSA) is 88.2 Å². The van der Waals surface area contributed by atoms with Gasteiger partial charge in [0.2, 0.25) is 11.8 Å². The van der Waals surface area contributed by atoms with Crippen LogP contribution in [0.5, 0.6) is 5.75 Å². The van der Waals surface area contributed by atoms with Gasteiger partial charge in [0.25, 0.3) is 5.91 Å². The van der Waals surface area contributed by atoms with Gasteiger partial charge in [-0.2, -0.15) is 0 Å². The second kappa shape index (κ2) is 9.23. The van der Waals surface area contributed by atoms with Crippen LogP contribution in [0.25, 0.3) is 0 Å². The molecular weight excluding hydrogens is 446 g/mol. The van der Waals surface area contributed by atoms with Gasteiger partial charge in [-0.25, -0.2) is 9.96 Å². The highest BCUT2D eigenvalue weighted by molar-refractivity contribution is 6.24. The molecule has 8 nitrogen and oxygen atoms in total. The van der Waals surface area contributed by atoms with Gasteiger partial charge >= 0.3 is 0 Å². The third-order valence-electron chi connectivity index (χ3n) is 6.10. The first-order chi connectivity index (χ1) is 17.0. The lowest BCUT2D eigenvalue weighted by atomic mass is 9.90. The number of carbonyl (C=O) groups excluding carboxylic acids is 3. The first kappa shape index (κ1) is 22.6. The number of amides is 3. The van der Waals surface area contributed by atoms with Crippen molar-refractivity contribution in [1.29, 1.82) is 0 Å². The fourth-order valence-corrected chi connectivity index (χ4v) is 4.68. The standard InChI is InChI=1S/C27H25N3O5/c1-3-34-22-12-8-7-11-21(22)29-26(32)23-24(18-13-15-19(16-14-18)28-17(2)31)30(35-25(23)27(29)33)20-9-5-4-6-10-20/h4-16,23-25H,3H2,1-2H3,(H,28,31)/t23-,24+,25+/m1/s1. The molecule has 0 unspecified atom stereocenters. The molecule has 8 heteroatoms. The van der Waals surface area contributed by atoms with E-state index < -0.39 is 24.0 Å². The summed E-state index contributed by atoms with van der Waals surface area (Å²) >= 11 is 0. The average Bonchev–Trinajstić information content (AvgIpc) is 3.36. The minimum atomic E-state index is -0.975. The first-order valence-electron chi connectivity index (χ1n) is 11.5. The number of hydrogen-bond donors (Lipinski definition) is 1. The molecule has 3 atom stereocenters. The molecule has 0 aromatic heterocycles. The molecule has 2 heterocycles. The summed E-state index contributed by atoms with van der Waals surface area (Å²) in [5.74, 6) is -1.24. The van der Waals surface area contributed by atoms with Gasteiger partial charge < -0.3 is 10.1 Å². The molecule has 5 rings (SSSR count). The number of hydroxylamine groups is 1. The SMILES string of the molecule is CCOc1ccccc1N1C(=O)[C@H]2[C@H](ON(c3ccccc3)[C@H]2c2ccc(NC(C)=O)cc2)C1=O. The molecule has 0 aliphatic carbocycles. The van der Waals surface area contributed by atoms with Gasteiger partial charge in [0, 0.05) is 12.6 Å². The van der Waals surface area contributed by atoms with Crippen LogP contribution in [0, 0.1) is 5.92 Å². The molecule has 2 aliphatic heterocycles. The van der Waals surface area contributed by atoms with Crippen molar-refractivity contribution in [3.05, 3.63) is 84.4 Å². The number of nitrogens with zero attached hydrogens (tertiary/aromatic N) is 2. The summed E-state index contributed by atoms with van der Waals surface area (Å²) < 4.78 is 5.68. The van der Waals surface area contributed by atoms with Crippen molar-refractivity contribution in [3.8, 4) is 5.75 Å². The van der Waals surface area contributed by atoms with Crippen molar-refractivity contribution >= 4 is 34.8 Å². The summed E-state index contributed by atoms with van der Waals surface area (Å²) in [4.78, 5) is 46.1. The Balaban J connectivity index is 1.55. The first-order valence-corrected chi connectivity index (χ1v) is 11.5. The molecule has 178 valence electrons. The normalized spacial score (nSPS) is 21.3. The Kier molecular flexibility index (Phi) is 5.96. The highest BCUT2D eigenvalue weighted by atomic mass is 16.7. The van der Waals surface area contributed by atoms with Crippen molar-refractivity contribution in [1.82, 2.24) is 0 Å². The number of imide groups is 1. The number of ether oxygens (including phenoxy) is 1. The average molecular weight is 472 g/mol. The maximum absolute atomic E-state index is 13.8. The van der Waals surface area contributed by atoms with Crippen molar-refractivity contribution in [2.75, 3.05) is 21.9 Å². The molecule has 3 aromatic rings. The lowest BCUT2D eigenvalue weighted by Gasteiger charge is -2.29. The number of rotatable bonds is 6. The number of hydrogen-bond acceptors (Lipinski definition) is 6. The van der Waals surface area contributed by atoms with E-state index in [1.54, 1.807) is 41.5 Å². The molecule has 0 saturated carbocycles. The van der Waals surface area contributed by atoms with Gasteiger partial charge in [-0.3, -0.25) is 19.2 Å². The Hall–Kier alpha value is -4.17. The van der Waals surface area contributed by atoms with Crippen LogP contribution in [-0.4, -0.2) is 30.4 Å². The van der Waals surface area contributed by atoms with Crippen molar-refractivity contribution < 1.29 is 24.0 Å². The molecule has 0 bridgehead atoms. The lowest BCUT2D eigenvalue weighted by Crippen LogP contribution is -2.37. The maximum atomic E-state index is 13.8. The Morgan fingerprint density at radius 3 is 2.31 bits per heavy atom. The van der Waals surface area contributed by atoms with E-state index in [9.17, 15) is 14.4 Å². The zero-order valence-electron chi connectivity index (χ0n) is 19.4. The molecule has 35 heavy (non-hydrogen) atoms. The molecule has 2 fully saturated rings. The number of para-hydroxylation sites is 3. The molecule has 0 spiro atoms. The van der Waals surface area contributed by atoms with Crippen LogP contribution in [0.4, 0.5) is 17.1 Å². The van der Waals surface area contributed by atoms with Crippen molar-refractivity contribution in [2.45, 2.75) is 26.0 Å². The summed E-state index contributed by atoms with van der Waals surface area (Å²) in [6.07, 6.45) is -0.975. The highest BCUT2D eigenvalue weighted by Crippen LogP contribution is 2.48. The fourth-order valence-electron chi connectivity index (χ4n) is 4.68. The van der Waals surface area contributed by atoms with Crippen LogP contribution in [0.1, 0.15) is 25.5 Å². The fraction of sp³-hybridized carbons (Fsp3) is 0.222. The number of nitrogens with one attached hydrogen (secondary N) is 1. The highest BCUT2D eigenvalue weighted by Gasteiger charge is 2.60. The predicted octanol–water partition coefficient (Wildman–Crippen LogP) is 4.09. The molecule has 3 amide bonds. The summed E-state index contributed by atoms with van der Waals surface area (Å²) in [5, 5.41) is 4.39. The van der Waals surface area contributed by atoms with E-state index in [0.29, 0.717) is 23.7 Å². The zero-order valence-corrected chi connectivity index (χ0v) is 19.4. The molecule has 1 N–H and O–H groups in total. The van der Waals surface area contributed by atoms with Crippen molar-refractivity contribution in [2.24, 2.45) is 5.92 Å². The van der Waals surface area contributed by atoms with E-state index in [1.165, 1.54) is 11.8 Å². The quantitative estimate of drug-likeness (QED) is 0.545. The van der Waals surface area contributed by atoms with E-state index in [2.05, 4.69) is 5.32 Å². The van der Waals surface area contributed by atoms with Gasteiger partial charge in [-0.05, 0) is 48.9 Å². The Morgan fingerprint density at radius 1 is 0.943 bits per heavy atom. The maximum Gasteiger partial charge on any atom is 0.266 e. The second-order valence-electron chi connectivity index (χ2n) is 8.37. The van der Waals surface area contributed by atoms with Gasteiger partial charge in [0.05, 0.1) is 24.0 Å². The van der Waals surface area contributed by atoms with Crippen LogP contribution < -0.4 is 20.0 Å². The van der Waals surface area contributed by atoms with Crippen LogP contribution >= 0.6 is 0 Å². The van der Waals surface area contributed by atoms with Crippen molar-refractivity contribution in [3.63, 3.8) is 0 Å². The largest absolute Gasteiger partial charge is 0.492 e. The monoisotopic (exact) mass is 471 g/mol. The van der Waals surface area contributed by atoms with E-state index in [0.717, 1.165) is 11.3 Å². The van der Waals surface area contributed by atoms with Gasteiger partial charge in [-0.1, -0.05) is 42.5 Å². The Bertz CT molecular complexity index is 1260. The van der Waals surface area contributed by atoms with Crippen LogP contribution in [0.2, 0.25) is 0 Å². The Labute approximate surface area is 203 Å². The minimum absolute atomic E-state index is 0.173. The predicted molar refractivity (Wildman–Crippen MR) is 131 cm³/mol. The second-order valence-corrected chi connectivity index (χ2v) is 8.37. The summed E-state index contributed by atoms with van der Waals surface area (Å²) in [6, 6.07) is 23.1. The molecule has 0 radical (unpaired) electrons.